The summed E-state index contributed by atoms with van der Waals surface area (Å²) in [5.74, 6) is 1.39. The molecule has 0 fully saturated rings. The van der Waals surface area contributed by atoms with Gasteiger partial charge in [-0.15, -0.1) is 12.4 Å². The molecule has 3 N–H and O–H groups in total. The van der Waals surface area contributed by atoms with Crippen LogP contribution in [0.1, 0.15) is 17.5 Å². The van der Waals surface area contributed by atoms with E-state index in [4.69, 9.17) is 15.2 Å². The topological polar surface area (TPSA) is 73.6 Å². The van der Waals surface area contributed by atoms with Gasteiger partial charge in [-0.1, -0.05) is 35.9 Å². The number of para-hydroxylation sites is 1. The number of rotatable bonds is 8. The van der Waals surface area contributed by atoms with E-state index in [0.29, 0.717) is 13.1 Å². The predicted molar refractivity (Wildman–Crippen MR) is 101 cm³/mol. The van der Waals surface area contributed by atoms with Crippen LogP contribution in [0.15, 0.2) is 48.5 Å². The molecule has 0 aliphatic heterocycles. The van der Waals surface area contributed by atoms with E-state index in [1.807, 2.05) is 55.5 Å². The lowest BCUT2D eigenvalue weighted by Crippen LogP contribution is -2.31. The SMILES string of the molecule is COC(CN)CC(=O)NCc1ccccc1Oc1ccc(C)cc1.Cl. The van der Waals surface area contributed by atoms with Gasteiger partial charge in [-0.05, 0) is 25.1 Å². The van der Waals surface area contributed by atoms with Gasteiger partial charge < -0.3 is 20.5 Å². The highest BCUT2D eigenvalue weighted by Crippen LogP contribution is 2.25. The van der Waals surface area contributed by atoms with Gasteiger partial charge in [0.05, 0.1) is 12.5 Å². The van der Waals surface area contributed by atoms with Crippen LogP contribution in [0.5, 0.6) is 11.5 Å². The van der Waals surface area contributed by atoms with Crippen molar-refractivity contribution in [3.05, 3.63) is 59.7 Å². The molecule has 0 radical (unpaired) electrons. The maximum absolute atomic E-state index is 12.0. The molecule has 1 atom stereocenters. The Labute approximate surface area is 154 Å². The zero-order chi connectivity index (χ0) is 17.4. The average molecular weight is 365 g/mol. The lowest BCUT2D eigenvalue weighted by Gasteiger charge is -2.14. The lowest BCUT2D eigenvalue weighted by atomic mass is 10.2. The van der Waals surface area contributed by atoms with E-state index >= 15 is 0 Å². The molecule has 0 bridgehead atoms. The molecule has 0 aliphatic carbocycles. The van der Waals surface area contributed by atoms with Gasteiger partial charge >= 0.3 is 0 Å². The van der Waals surface area contributed by atoms with E-state index in [9.17, 15) is 4.79 Å². The van der Waals surface area contributed by atoms with Crippen LogP contribution >= 0.6 is 12.4 Å². The van der Waals surface area contributed by atoms with Gasteiger partial charge in [0.15, 0.2) is 0 Å². The number of hydrogen-bond donors (Lipinski definition) is 2. The predicted octanol–water partition coefficient (Wildman–Crippen LogP) is 3.19. The zero-order valence-corrected chi connectivity index (χ0v) is 15.3. The van der Waals surface area contributed by atoms with Gasteiger partial charge in [0, 0.05) is 25.8 Å². The summed E-state index contributed by atoms with van der Waals surface area (Å²) < 4.78 is 11.0. The van der Waals surface area contributed by atoms with Crippen LogP contribution < -0.4 is 15.8 Å². The number of halogens is 1. The summed E-state index contributed by atoms with van der Waals surface area (Å²) in [7, 11) is 1.55. The number of amides is 1. The number of nitrogens with two attached hydrogens (primary N) is 1. The highest BCUT2D eigenvalue weighted by Gasteiger charge is 2.12. The third-order valence-electron chi connectivity index (χ3n) is 3.71. The highest BCUT2D eigenvalue weighted by atomic mass is 35.5. The smallest absolute Gasteiger partial charge is 0.222 e. The van der Waals surface area contributed by atoms with E-state index in [1.165, 1.54) is 5.56 Å². The second kappa shape index (κ2) is 10.7. The molecule has 1 amide bonds. The van der Waals surface area contributed by atoms with Crippen LogP contribution in [0.3, 0.4) is 0 Å². The molecule has 6 heteroatoms. The molecule has 2 aromatic rings. The Morgan fingerprint density at radius 2 is 1.84 bits per heavy atom. The van der Waals surface area contributed by atoms with Crippen molar-refractivity contribution in [3.8, 4) is 11.5 Å². The Hall–Kier alpha value is -2.08. The van der Waals surface area contributed by atoms with Crippen molar-refractivity contribution in [2.75, 3.05) is 13.7 Å². The minimum atomic E-state index is -0.260. The molecule has 0 saturated heterocycles. The van der Waals surface area contributed by atoms with Crippen LogP contribution in [-0.2, 0) is 16.1 Å². The molecule has 25 heavy (non-hydrogen) atoms. The summed E-state index contributed by atoms with van der Waals surface area (Å²) in [4.78, 5) is 12.0. The van der Waals surface area contributed by atoms with Crippen LogP contribution in [0, 0.1) is 6.92 Å². The van der Waals surface area contributed by atoms with Crippen molar-refractivity contribution in [1.29, 1.82) is 0 Å². The molecule has 2 rings (SSSR count). The Balaban J connectivity index is 0.00000312. The molecular weight excluding hydrogens is 340 g/mol. The quantitative estimate of drug-likeness (QED) is 0.754. The normalized spacial score (nSPS) is 11.3. The van der Waals surface area contributed by atoms with E-state index in [2.05, 4.69) is 5.32 Å². The Morgan fingerprint density at radius 3 is 2.48 bits per heavy atom. The molecule has 136 valence electrons. The van der Waals surface area contributed by atoms with Crippen molar-refractivity contribution >= 4 is 18.3 Å². The van der Waals surface area contributed by atoms with Crippen molar-refractivity contribution in [2.24, 2.45) is 5.73 Å². The molecule has 0 heterocycles. The Bertz CT molecular complexity index is 658. The maximum Gasteiger partial charge on any atom is 0.222 e. The molecule has 0 spiro atoms. The largest absolute Gasteiger partial charge is 0.457 e. The number of nitrogens with one attached hydrogen (secondary N) is 1. The number of carbonyl (C=O) groups excluding carboxylic acids is 1. The summed E-state index contributed by atoms with van der Waals surface area (Å²) in [6.07, 6.45) is -0.0161. The number of hydrogen-bond acceptors (Lipinski definition) is 4. The summed E-state index contributed by atoms with van der Waals surface area (Å²) in [5, 5.41) is 2.88. The van der Waals surface area contributed by atoms with Crippen LogP contribution in [-0.4, -0.2) is 25.7 Å². The zero-order valence-electron chi connectivity index (χ0n) is 14.5. The van der Waals surface area contributed by atoms with Crippen molar-refractivity contribution < 1.29 is 14.3 Å². The van der Waals surface area contributed by atoms with E-state index in [1.54, 1.807) is 7.11 Å². The first-order valence-corrected chi connectivity index (χ1v) is 7.94. The van der Waals surface area contributed by atoms with Gasteiger partial charge in [-0.3, -0.25) is 4.79 Å². The third-order valence-corrected chi connectivity index (χ3v) is 3.71. The van der Waals surface area contributed by atoms with Gasteiger partial charge in [0.25, 0.3) is 0 Å². The maximum atomic E-state index is 12.0. The summed E-state index contributed by atoms with van der Waals surface area (Å²) >= 11 is 0. The highest BCUT2D eigenvalue weighted by molar-refractivity contribution is 5.85. The molecule has 1 unspecified atom stereocenters. The fraction of sp³-hybridized carbons (Fsp3) is 0.316. The van der Waals surface area contributed by atoms with Gasteiger partial charge in [-0.2, -0.15) is 0 Å². The standard InChI is InChI=1S/C19H24N2O3.ClH/c1-14-7-9-16(10-8-14)24-18-6-4-3-5-15(18)13-21-19(22)11-17(12-20)23-2;/h3-10,17H,11-13,20H2,1-2H3,(H,21,22);1H. The molecule has 2 aromatic carbocycles. The van der Waals surface area contributed by atoms with Crippen LogP contribution in [0.25, 0.3) is 0 Å². The van der Waals surface area contributed by atoms with Gasteiger partial charge in [-0.25, -0.2) is 0 Å². The minimum absolute atomic E-state index is 0. The van der Waals surface area contributed by atoms with E-state index in [0.717, 1.165) is 17.1 Å². The van der Waals surface area contributed by atoms with Gasteiger partial charge in [0.2, 0.25) is 5.91 Å². The number of aryl methyl sites for hydroxylation is 1. The summed E-state index contributed by atoms with van der Waals surface area (Å²) in [5.41, 5.74) is 7.62. The number of methoxy groups -OCH3 is 1. The van der Waals surface area contributed by atoms with Crippen molar-refractivity contribution in [3.63, 3.8) is 0 Å². The van der Waals surface area contributed by atoms with Crippen LogP contribution in [0.2, 0.25) is 0 Å². The second-order valence-corrected chi connectivity index (χ2v) is 5.60. The van der Waals surface area contributed by atoms with Crippen molar-refractivity contribution in [2.45, 2.75) is 26.0 Å². The summed E-state index contributed by atoms with van der Waals surface area (Å²) in [6.45, 7) is 2.74. The minimum Gasteiger partial charge on any atom is -0.457 e. The fourth-order valence-electron chi connectivity index (χ4n) is 2.22. The van der Waals surface area contributed by atoms with Crippen LogP contribution in [0.4, 0.5) is 0 Å². The molecular formula is C19H25ClN2O3. The first kappa shape index (κ1) is 21.0. The molecule has 0 saturated carbocycles. The second-order valence-electron chi connectivity index (χ2n) is 5.60. The van der Waals surface area contributed by atoms with Crippen molar-refractivity contribution in [1.82, 2.24) is 5.32 Å². The van der Waals surface area contributed by atoms with E-state index < -0.39 is 0 Å². The number of carbonyl (C=O) groups is 1. The summed E-state index contributed by atoms with van der Waals surface area (Å²) in [6, 6.07) is 15.5. The molecule has 0 aliphatic rings. The molecule has 0 aromatic heterocycles. The third kappa shape index (κ3) is 6.74. The lowest BCUT2D eigenvalue weighted by molar-refractivity contribution is -0.123. The molecule has 5 nitrogen and oxygen atoms in total. The van der Waals surface area contributed by atoms with Gasteiger partial charge in [0.1, 0.15) is 11.5 Å². The van der Waals surface area contributed by atoms with E-state index in [-0.39, 0.29) is 30.8 Å². The number of benzene rings is 2. The monoisotopic (exact) mass is 364 g/mol. The average Bonchev–Trinajstić information content (AvgIpc) is 2.61. The first-order chi connectivity index (χ1) is 11.6. The Kier molecular flexibility index (Phi) is 8.99. The fourth-order valence-corrected chi connectivity index (χ4v) is 2.22. The first-order valence-electron chi connectivity index (χ1n) is 7.94. The number of ether oxygens (including phenoxy) is 2. The Morgan fingerprint density at radius 1 is 1.16 bits per heavy atom.